The third kappa shape index (κ3) is 3.03. The van der Waals surface area contributed by atoms with Crippen LogP contribution in [0.4, 0.5) is 5.69 Å². The van der Waals surface area contributed by atoms with Gasteiger partial charge in [-0.3, -0.25) is 10.1 Å². The predicted molar refractivity (Wildman–Crippen MR) is 66.3 cm³/mol. The van der Waals surface area contributed by atoms with Gasteiger partial charge < -0.3 is 4.74 Å². The van der Waals surface area contributed by atoms with E-state index in [2.05, 4.69) is 19.9 Å². The van der Waals surface area contributed by atoms with Crippen LogP contribution in [0.1, 0.15) is 10.5 Å². The average molecular weight is 298 g/mol. The van der Waals surface area contributed by atoms with Crippen LogP contribution in [-0.4, -0.2) is 33.2 Å². The molecule has 0 fully saturated rings. The number of methoxy groups -OCH3 is 1. The number of hydrogen-bond acceptors (Lipinski definition) is 9. The summed E-state index contributed by atoms with van der Waals surface area (Å²) in [6.07, 6.45) is 0. The first-order chi connectivity index (χ1) is 9.11. The average Bonchev–Trinajstić information content (AvgIpc) is 2.90. The van der Waals surface area contributed by atoms with Crippen LogP contribution in [0, 0.1) is 10.1 Å². The highest BCUT2D eigenvalue weighted by atomic mass is 32.2. The van der Waals surface area contributed by atoms with Crippen LogP contribution in [0.25, 0.3) is 0 Å². The summed E-state index contributed by atoms with van der Waals surface area (Å²) in [4.78, 5) is 25.6. The molecule has 2 heterocycles. The Morgan fingerprint density at radius 1 is 1.53 bits per heavy atom. The van der Waals surface area contributed by atoms with Crippen molar-refractivity contribution in [3.8, 4) is 0 Å². The van der Waals surface area contributed by atoms with Crippen molar-refractivity contribution in [3.63, 3.8) is 0 Å². The molecule has 19 heavy (non-hydrogen) atoms. The first-order valence-electron chi connectivity index (χ1n) is 4.79. The molecule has 0 N–H and O–H groups in total. The van der Waals surface area contributed by atoms with Gasteiger partial charge in [0.25, 0.3) is 0 Å². The molecule has 0 saturated carbocycles. The van der Waals surface area contributed by atoms with Gasteiger partial charge in [-0.05, 0) is 17.8 Å². The van der Waals surface area contributed by atoms with Gasteiger partial charge in [0.2, 0.25) is 0 Å². The van der Waals surface area contributed by atoms with Crippen molar-refractivity contribution >= 4 is 34.8 Å². The van der Waals surface area contributed by atoms with Gasteiger partial charge in [0.05, 0.1) is 12.0 Å². The predicted octanol–water partition coefficient (Wildman–Crippen LogP) is 1.78. The van der Waals surface area contributed by atoms with Crippen molar-refractivity contribution in [2.24, 2.45) is 0 Å². The first kappa shape index (κ1) is 13.4. The number of nitro groups is 1. The number of ether oxygens (including phenoxy) is 1. The lowest BCUT2D eigenvalue weighted by molar-refractivity contribution is -0.388. The smallest absolute Gasteiger partial charge is 0.356 e. The third-order valence-electron chi connectivity index (χ3n) is 1.96. The van der Waals surface area contributed by atoms with E-state index in [0.29, 0.717) is 4.34 Å². The minimum absolute atomic E-state index is 0.000107. The van der Waals surface area contributed by atoms with E-state index in [1.165, 1.54) is 36.1 Å². The van der Waals surface area contributed by atoms with Crippen molar-refractivity contribution < 1.29 is 14.5 Å². The zero-order chi connectivity index (χ0) is 13.8. The zero-order valence-electron chi connectivity index (χ0n) is 9.47. The minimum atomic E-state index is -0.658. The standard InChI is InChI=1S/C9H6N4O4S2/c1-17-8(14)5-2-3-6(13(15)16)7(11-5)19-9-12-10-4-18-9/h2-4H,1H3. The lowest BCUT2D eigenvalue weighted by Gasteiger charge is -2.02. The third-order valence-corrected chi connectivity index (χ3v) is 3.73. The minimum Gasteiger partial charge on any atom is -0.464 e. The molecule has 0 atom stereocenters. The van der Waals surface area contributed by atoms with Crippen LogP contribution < -0.4 is 0 Å². The highest BCUT2D eigenvalue weighted by molar-refractivity contribution is 8.01. The summed E-state index contributed by atoms with van der Waals surface area (Å²) in [5.41, 5.74) is 1.30. The number of carbonyl (C=O) groups excluding carboxylic acids is 1. The quantitative estimate of drug-likeness (QED) is 0.477. The van der Waals surface area contributed by atoms with Gasteiger partial charge in [-0.25, -0.2) is 9.78 Å². The summed E-state index contributed by atoms with van der Waals surface area (Å²) in [7, 11) is 1.21. The van der Waals surface area contributed by atoms with Crippen molar-refractivity contribution in [3.05, 3.63) is 33.5 Å². The largest absolute Gasteiger partial charge is 0.464 e. The second kappa shape index (κ2) is 5.71. The summed E-state index contributed by atoms with van der Waals surface area (Å²) in [6.45, 7) is 0. The normalized spacial score (nSPS) is 10.2. The highest BCUT2D eigenvalue weighted by Crippen LogP contribution is 2.33. The molecule has 0 unspecified atom stereocenters. The van der Waals surface area contributed by atoms with E-state index >= 15 is 0 Å². The molecule has 10 heteroatoms. The van der Waals surface area contributed by atoms with Gasteiger partial charge >= 0.3 is 11.7 Å². The summed E-state index contributed by atoms with van der Waals surface area (Å²) in [6, 6.07) is 2.46. The number of aromatic nitrogens is 3. The van der Waals surface area contributed by atoms with Gasteiger partial charge in [0.1, 0.15) is 11.2 Å². The Balaban J connectivity index is 2.41. The van der Waals surface area contributed by atoms with Gasteiger partial charge in [-0.2, -0.15) is 0 Å². The van der Waals surface area contributed by atoms with Gasteiger partial charge in [0, 0.05) is 6.07 Å². The van der Waals surface area contributed by atoms with E-state index in [4.69, 9.17) is 0 Å². The van der Waals surface area contributed by atoms with E-state index in [-0.39, 0.29) is 16.4 Å². The van der Waals surface area contributed by atoms with Crippen LogP contribution in [0.15, 0.2) is 27.0 Å². The van der Waals surface area contributed by atoms with Crippen LogP contribution in [0.3, 0.4) is 0 Å². The van der Waals surface area contributed by atoms with Gasteiger partial charge in [-0.15, -0.1) is 10.2 Å². The molecule has 0 spiro atoms. The topological polar surface area (TPSA) is 108 Å². The maximum absolute atomic E-state index is 11.4. The molecule has 0 bridgehead atoms. The van der Waals surface area contributed by atoms with E-state index in [0.717, 1.165) is 11.8 Å². The second-order valence-electron chi connectivity index (χ2n) is 3.08. The Kier molecular flexibility index (Phi) is 4.02. The summed E-state index contributed by atoms with van der Waals surface area (Å²) >= 11 is 2.20. The fourth-order valence-corrected chi connectivity index (χ4v) is 2.64. The van der Waals surface area contributed by atoms with Crippen LogP contribution in [-0.2, 0) is 4.74 Å². The highest BCUT2D eigenvalue weighted by Gasteiger charge is 2.21. The maximum Gasteiger partial charge on any atom is 0.356 e. The van der Waals surface area contributed by atoms with Crippen molar-refractivity contribution in [2.75, 3.05) is 7.11 Å². The molecule has 0 aliphatic carbocycles. The summed E-state index contributed by atoms with van der Waals surface area (Å²) < 4.78 is 5.02. The number of esters is 1. The number of hydrogen-bond donors (Lipinski definition) is 0. The number of pyridine rings is 1. The first-order valence-corrected chi connectivity index (χ1v) is 6.49. The van der Waals surface area contributed by atoms with E-state index in [1.807, 2.05) is 0 Å². The van der Waals surface area contributed by atoms with E-state index < -0.39 is 10.9 Å². The molecule has 0 aliphatic heterocycles. The molecule has 2 rings (SSSR count). The Morgan fingerprint density at radius 2 is 2.32 bits per heavy atom. The molecule has 8 nitrogen and oxygen atoms in total. The van der Waals surface area contributed by atoms with Crippen LogP contribution in [0.2, 0.25) is 0 Å². The summed E-state index contributed by atoms with van der Waals surface area (Å²) in [5, 5.41) is 18.4. The van der Waals surface area contributed by atoms with Crippen molar-refractivity contribution in [2.45, 2.75) is 9.37 Å². The molecule has 0 amide bonds. The zero-order valence-corrected chi connectivity index (χ0v) is 11.1. The maximum atomic E-state index is 11.4. The Bertz CT molecular complexity index is 617. The van der Waals surface area contributed by atoms with Crippen LogP contribution >= 0.6 is 23.1 Å². The SMILES string of the molecule is COC(=O)c1ccc([N+](=O)[O-])c(Sc2nncs2)n1. The Morgan fingerprint density at radius 3 is 2.89 bits per heavy atom. The van der Waals surface area contributed by atoms with E-state index in [1.54, 1.807) is 0 Å². The Labute approximate surface area is 115 Å². The lowest BCUT2D eigenvalue weighted by Crippen LogP contribution is -2.06. The van der Waals surface area contributed by atoms with Crippen LogP contribution in [0.5, 0.6) is 0 Å². The van der Waals surface area contributed by atoms with E-state index in [9.17, 15) is 14.9 Å². The molecule has 0 aromatic carbocycles. The number of rotatable bonds is 4. The molecule has 0 radical (unpaired) electrons. The van der Waals surface area contributed by atoms with Gasteiger partial charge in [0.15, 0.2) is 9.37 Å². The molecule has 0 saturated heterocycles. The Hall–Kier alpha value is -2.07. The molecule has 2 aromatic heterocycles. The number of nitrogens with zero attached hydrogens (tertiary/aromatic N) is 4. The summed E-state index contributed by atoms with van der Waals surface area (Å²) in [5.74, 6) is -0.658. The fraction of sp³-hybridized carbons (Fsp3) is 0.111. The molecular weight excluding hydrogens is 292 g/mol. The monoisotopic (exact) mass is 298 g/mol. The molecule has 0 aliphatic rings. The van der Waals surface area contributed by atoms with Crippen molar-refractivity contribution in [1.29, 1.82) is 0 Å². The molecular formula is C9H6N4O4S2. The lowest BCUT2D eigenvalue weighted by atomic mass is 10.3. The number of carbonyl (C=O) groups is 1. The second-order valence-corrected chi connectivity index (χ2v) is 5.15. The molecule has 98 valence electrons. The fourth-order valence-electron chi connectivity index (χ4n) is 1.16. The molecule has 2 aromatic rings. The van der Waals surface area contributed by atoms with Crippen molar-refractivity contribution in [1.82, 2.24) is 15.2 Å². The van der Waals surface area contributed by atoms with Gasteiger partial charge in [-0.1, -0.05) is 11.3 Å².